The number of benzene rings is 1. The van der Waals surface area contributed by atoms with Crippen molar-refractivity contribution >= 4 is 27.3 Å². The second kappa shape index (κ2) is 4.52. The second-order valence-corrected chi connectivity index (χ2v) is 4.09. The Hall–Kier alpha value is -1.93. The molecular weight excluding hydrogens is 290 g/mol. The minimum Gasteiger partial charge on any atom is -0.318 e. The number of aromatic nitrogens is 2. The highest BCUT2D eigenvalue weighted by molar-refractivity contribution is 9.10. The zero-order chi connectivity index (χ0) is 12.4. The van der Waals surface area contributed by atoms with Crippen LogP contribution >= 0.6 is 15.9 Å². The van der Waals surface area contributed by atoms with Crippen LogP contribution in [0, 0.1) is 10.1 Å². The van der Waals surface area contributed by atoms with Crippen molar-refractivity contribution in [2.75, 3.05) is 5.43 Å². The number of halogens is 1. The molecule has 0 spiro atoms. The number of nitrogen functional groups attached to an aromatic ring is 1. The van der Waals surface area contributed by atoms with Gasteiger partial charge in [-0.25, -0.2) is 4.68 Å². The maximum Gasteiger partial charge on any atom is 0.319 e. The normalized spacial score (nSPS) is 10.2. The lowest BCUT2D eigenvalue weighted by Crippen LogP contribution is -2.11. The Kier molecular flexibility index (Phi) is 3.07. The van der Waals surface area contributed by atoms with Gasteiger partial charge in [0.15, 0.2) is 0 Å². The Morgan fingerprint density at radius 2 is 2.29 bits per heavy atom. The summed E-state index contributed by atoms with van der Waals surface area (Å²) in [5, 5.41) is 15.0. The molecule has 3 N–H and O–H groups in total. The highest BCUT2D eigenvalue weighted by Gasteiger charge is 2.20. The number of nitrogens with two attached hydrogens (primary N) is 1. The van der Waals surface area contributed by atoms with Crippen molar-refractivity contribution in [1.82, 2.24) is 9.78 Å². The van der Waals surface area contributed by atoms with Crippen LogP contribution in [0.3, 0.4) is 0 Å². The fourth-order valence-corrected chi connectivity index (χ4v) is 1.74. The number of nitrogens with one attached hydrogen (secondary N) is 1. The van der Waals surface area contributed by atoms with Crippen molar-refractivity contribution in [3.05, 3.63) is 45.2 Å². The van der Waals surface area contributed by atoms with E-state index < -0.39 is 4.92 Å². The van der Waals surface area contributed by atoms with Crippen molar-refractivity contribution in [2.24, 2.45) is 5.84 Å². The fraction of sp³-hybridized carbons (Fsp3) is 0. The third kappa shape index (κ3) is 2.12. The van der Waals surface area contributed by atoms with E-state index in [1.54, 1.807) is 24.5 Å². The van der Waals surface area contributed by atoms with Gasteiger partial charge in [0.05, 0.1) is 15.6 Å². The lowest BCUT2D eigenvalue weighted by atomic mass is 10.2. The van der Waals surface area contributed by atoms with Crippen LogP contribution in [-0.4, -0.2) is 14.7 Å². The zero-order valence-corrected chi connectivity index (χ0v) is 10.1. The van der Waals surface area contributed by atoms with Gasteiger partial charge in [-0.2, -0.15) is 5.10 Å². The first-order valence-electron chi connectivity index (χ1n) is 4.58. The Morgan fingerprint density at radius 1 is 1.53 bits per heavy atom. The van der Waals surface area contributed by atoms with Gasteiger partial charge in [0, 0.05) is 6.20 Å². The average Bonchev–Trinajstić information content (AvgIpc) is 2.74. The topological polar surface area (TPSA) is 99.0 Å². The van der Waals surface area contributed by atoms with Crippen LogP contribution in [-0.2, 0) is 0 Å². The molecule has 2 rings (SSSR count). The van der Waals surface area contributed by atoms with Crippen molar-refractivity contribution in [3.8, 4) is 5.69 Å². The molecule has 17 heavy (non-hydrogen) atoms. The molecule has 0 unspecified atom stereocenters. The van der Waals surface area contributed by atoms with Gasteiger partial charge in [0.2, 0.25) is 0 Å². The number of hydrogen-bond donors (Lipinski definition) is 2. The molecular formula is C9H8BrN5O2. The summed E-state index contributed by atoms with van der Waals surface area (Å²) in [6.07, 6.45) is 3.18. The zero-order valence-electron chi connectivity index (χ0n) is 8.50. The van der Waals surface area contributed by atoms with Crippen molar-refractivity contribution in [2.45, 2.75) is 0 Å². The Labute approximate surface area is 104 Å². The van der Waals surface area contributed by atoms with E-state index in [0.29, 0.717) is 5.69 Å². The number of anilines is 1. The van der Waals surface area contributed by atoms with Gasteiger partial charge < -0.3 is 5.43 Å². The van der Waals surface area contributed by atoms with Gasteiger partial charge in [-0.1, -0.05) is 6.07 Å². The number of hydrazine groups is 1. The van der Waals surface area contributed by atoms with Crippen LogP contribution in [0.15, 0.2) is 35.1 Å². The third-order valence-electron chi connectivity index (χ3n) is 2.15. The van der Waals surface area contributed by atoms with Crippen LogP contribution < -0.4 is 11.3 Å². The van der Waals surface area contributed by atoms with Gasteiger partial charge in [-0.05, 0) is 28.1 Å². The minimum absolute atomic E-state index is 0.120. The predicted molar refractivity (Wildman–Crippen MR) is 65.7 cm³/mol. The van der Waals surface area contributed by atoms with E-state index in [2.05, 4.69) is 26.5 Å². The second-order valence-electron chi connectivity index (χ2n) is 3.18. The average molecular weight is 298 g/mol. The molecule has 2 aromatic rings. The summed E-state index contributed by atoms with van der Waals surface area (Å²) in [4.78, 5) is 10.5. The van der Waals surface area contributed by atoms with Crippen LogP contribution in [0.4, 0.5) is 11.4 Å². The van der Waals surface area contributed by atoms with Gasteiger partial charge >= 0.3 is 5.69 Å². The lowest BCUT2D eigenvalue weighted by molar-refractivity contribution is -0.383. The summed E-state index contributed by atoms with van der Waals surface area (Å²) in [5.41, 5.74) is 2.76. The number of nitro benzene ring substituents is 1. The first-order valence-corrected chi connectivity index (χ1v) is 5.37. The molecule has 0 saturated carbocycles. The van der Waals surface area contributed by atoms with Crippen molar-refractivity contribution < 1.29 is 4.92 Å². The first kappa shape index (κ1) is 11.6. The molecule has 7 nitrogen and oxygen atoms in total. The van der Waals surface area contributed by atoms with Crippen molar-refractivity contribution in [1.29, 1.82) is 0 Å². The minimum atomic E-state index is -0.500. The van der Waals surface area contributed by atoms with E-state index in [0.717, 1.165) is 4.47 Å². The summed E-state index contributed by atoms with van der Waals surface area (Å²) >= 11 is 3.23. The molecule has 0 saturated heterocycles. The molecule has 0 bridgehead atoms. The van der Waals surface area contributed by atoms with Gasteiger partial charge in [0.1, 0.15) is 11.4 Å². The highest BCUT2D eigenvalue weighted by atomic mass is 79.9. The first-order chi connectivity index (χ1) is 8.13. The van der Waals surface area contributed by atoms with Gasteiger partial charge in [-0.3, -0.25) is 16.0 Å². The van der Waals surface area contributed by atoms with E-state index in [4.69, 9.17) is 5.84 Å². The van der Waals surface area contributed by atoms with E-state index in [1.165, 1.54) is 10.7 Å². The molecule has 0 radical (unpaired) electrons. The molecule has 88 valence electrons. The van der Waals surface area contributed by atoms with E-state index >= 15 is 0 Å². The molecule has 1 aromatic carbocycles. The van der Waals surface area contributed by atoms with Crippen LogP contribution in [0.1, 0.15) is 0 Å². The standard InChI is InChI=1S/C9H8BrN5O2/c10-6-4-12-14(5-6)8-3-1-2-7(13-11)9(8)15(16)17/h1-5,13H,11H2. The summed E-state index contributed by atoms with van der Waals surface area (Å²) in [6, 6.07) is 4.78. The molecule has 1 aromatic heterocycles. The molecule has 1 heterocycles. The smallest absolute Gasteiger partial charge is 0.318 e. The van der Waals surface area contributed by atoms with Crippen LogP contribution in [0.5, 0.6) is 0 Å². The predicted octanol–water partition coefficient (Wildman–Crippen LogP) is 1.83. The van der Waals surface area contributed by atoms with E-state index in [1.807, 2.05) is 0 Å². The molecule has 0 aliphatic heterocycles. The SMILES string of the molecule is NNc1cccc(-n2cc(Br)cn2)c1[N+](=O)[O-]. The Morgan fingerprint density at radius 3 is 2.82 bits per heavy atom. The molecule has 0 aliphatic rings. The Balaban J connectivity index is 2.65. The highest BCUT2D eigenvalue weighted by Crippen LogP contribution is 2.30. The molecule has 8 heteroatoms. The Bertz CT molecular complexity index is 568. The number of nitrogens with zero attached hydrogens (tertiary/aromatic N) is 3. The largest absolute Gasteiger partial charge is 0.319 e. The number of rotatable bonds is 3. The van der Waals surface area contributed by atoms with E-state index in [9.17, 15) is 10.1 Å². The molecule has 0 amide bonds. The maximum atomic E-state index is 11.0. The summed E-state index contributed by atoms with van der Waals surface area (Å²) < 4.78 is 2.14. The lowest BCUT2D eigenvalue weighted by Gasteiger charge is -2.06. The van der Waals surface area contributed by atoms with Crippen LogP contribution in [0.2, 0.25) is 0 Å². The molecule has 0 fully saturated rings. The quantitative estimate of drug-likeness (QED) is 0.511. The van der Waals surface area contributed by atoms with Gasteiger partial charge in [-0.15, -0.1) is 0 Å². The summed E-state index contributed by atoms with van der Waals surface area (Å²) in [7, 11) is 0. The third-order valence-corrected chi connectivity index (χ3v) is 2.56. The van der Waals surface area contributed by atoms with Crippen molar-refractivity contribution in [3.63, 3.8) is 0 Å². The van der Waals surface area contributed by atoms with Crippen LogP contribution in [0.25, 0.3) is 5.69 Å². The molecule has 0 aliphatic carbocycles. The van der Waals surface area contributed by atoms with E-state index in [-0.39, 0.29) is 11.4 Å². The number of para-hydroxylation sites is 1. The fourth-order valence-electron chi connectivity index (χ4n) is 1.46. The number of nitro groups is 1. The number of hydrogen-bond acceptors (Lipinski definition) is 5. The molecule has 0 atom stereocenters. The summed E-state index contributed by atoms with van der Waals surface area (Å²) in [6.45, 7) is 0. The summed E-state index contributed by atoms with van der Waals surface area (Å²) in [5.74, 6) is 5.25. The maximum absolute atomic E-state index is 11.0. The monoisotopic (exact) mass is 297 g/mol. The van der Waals surface area contributed by atoms with Gasteiger partial charge in [0.25, 0.3) is 0 Å².